The molecule has 3 rings (SSSR count). The number of esters is 1. The Hall–Kier alpha value is -2.94. The number of H-pyrrole nitrogens is 1. The van der Waals surface area contributed by atoms with Gasteiger partial charge in [0.05, 0.1) is 25.1 Å². The summed E-state index contributed by atoms with van der Waals surface area (Å²) in [5.41, 5.74) is 0.0400. The molecular formula is C15H13N3O5S. The molecule has 1 aromatic heterocycles. The Kier molecular flexibility index (Phi) is 4.17. The molecule has 3 heterocycles. The third-order valence-corrected chi connectivity index (χ3v) is 4.56. The highest BCUT2D eigenvalue weighted by molar-refractivity contribution is 7.10. The summed E-state index contributed by atoms with van der Waals surface area (Å²) in [6.07, 6.45) is 2.77. The Balaban J connectivity index is 2.21. The van der Waals surface area contributed by atoms with E-state index in [0.717, 1.165) is 4.88 Å². The second-order valence-corrected chi connectivity index (χ2v) is 6.03. The summed E-state index contributed by atoms with van der Waals surface area (Å²) in [6, 6.07) is 3.07. The van der Waals surface area contributed by atoms with Gasteiger partial charge in [0.25, 0.3) is 5.56 Å². The molecule has 1 atom stereocenters. The third kappa shape index (κ3) is 2.81. The molecule has 0 radical (unpaired) electrons. The van der Waals surface area contributed by atoms with Crippen molar-refractivity contribution in [3.05, 3.63) is 50.7 Å². The van der Waals surface area contributed by atoms with Gasteiger partial charge in [-0.15, -0.1) is 11.3 Å². The van der Waals surface area contributed by atoms with E-state index in [4.69, 9.17) is 4.74 Å². The quantitative estimate of drug-likeness (QED) is 0.677. The van der Waals surface area contributed by atoms with E-state index in [0.29, 0.717) is 0 Å². The van der Waals surface area contributed by atoms with Crippen molar-refractivity contribution < 1.29 is 19.4 Å². The first-order chi connectivity index (χ1) is 11.5. The summed E-state index contributed by atoms with van der Waals surface area (Å²) in [6.45, 7) is 0. The molecule has 1 unspecified atom stereocenters. The second kappa shape index (κ2) is 6.28. The lowest BCUT2D eigenvalue weighted by Gasteiger charge is -2.20. The first-order valence-corrected chi connectivity index (χ1v) is 7.82. The van der Waals surface area contributed by atoms with E-state index in [-0.39, 0.29) is 23.2 Å². The molecule has 0 saturated carbocycles. The van der Waals surface area contributed by atoms with Crippen molar-refractivity contribution in [1.29, 1.82) is 0 Å². The van der Waals surface area contributed by atoms with E-state index in [9.17, 15) is 19.5 Å². The van der Waals surface area contributed by atoms with Crippen molar-refractivity contribution in [3.63, 3.8) is 0 Å². The maximum absolute atomic E-state index is 12.0. The number of thiophene rings is 1. The number of nitrogens with one attached hydrogen (secondary N) is 1. The minimum Gasteiger partial charge on any atom is -0.481 e. The normalized spacial score (nSPS) is 12.2. The molecule has 0 aromatic carbocycles. The van der Waals surface area contributed by atoms with Crippen LogP contribution in [0, 0.1) is 0 Å². The lowest BCUT2D eigenvalue weighted by atomic mass is 10.1. The van der Waals surface area contributed by atoms with Gasteiger partial charge in [0, 0.05) is 17.3 Å². The minimum atomic E-state index is -0.991. The molecule has 0 amide bonds. The van der Waals surface area contributed by atoms with E-state index < -0.39 is 23.5 Å². The van der Waals surface area contributed by atoms with Crippen molar-refractivity contribution in [3.8, 4) is 11.3 Å². The van der Waals surface area contributed by atoms with Gasteiger partial charge in [0.15, 0.2) is 0 Å². The molecule has 0 fully saturated rings. The van der Waals surface area contributed by atoms with Crippen LogP contribution in [0.4, 0.5) is 0 Å². The predicted octanol–water partition coefficient (Wildman–Crippen LogP) is 1.59. The van der Waals surface area contributed by atoms with Crippen LogP contribution in [0.1, 0.15) is 27.7 Å². The molecule has 24 heavy (non-hydrogen) atoms. The first-order valence-electron chi connectivity index (χ1n) is 6.94. The SMILES string of the molecule is COC(=O)c1cn(C(CC(=O)O)c2cccs2)cc2c(=O)[nH]nc1-2. The van der Waals surface area contributed by atoms with Crippen LogP contribution in [0.25, 0.3) is 11.3 Å². The van der Waals surface area contributed by atoms with E-state index in [1.165, 1.54) is 30.8 Å². The molecular weight excluding hydrogens is 334 g/mol. The Labute approximate surface area is 139 Å². The molecule has 2 N–H and O–H groups in total. The average Bonchev–Trinajstić information content (AvgIpc) is 3.21. The largest absolute Gasteiger partial charge is 0.481 e. The molecule has 0 aliphatic carbocycles. The lowest BCUT2D eigenvalue weighted by molar-refractivity contribution is -0.137. The molecule has 2 aliphatic rings. The highest BCUT2D eigenvalue weighted by Gasteiger charge is 2.25. The fraction of sp³-hybridized carbons (Fsp3) is 0.200. The van der Waals surface area contributed by atoms with Gasteiger partial charge in [-0.3, -0.25) is 9.59 Å². The molecule has 0 bridgehead atoms. The number of carbonyl (C=O) groups is 2. The number of hydrogen-bond acceptors (Lipinski definition) is 6. The first kappa shape index (κ1) is 15.9. The topological polar surface area (TPSA) is 114 Å². The van der Waals surface area contributed by atoms with Gasteiger partial charge in [-0.1, -0.05) is 6.07 Å². The van der Waals surface area contributed by atoms with E-state index >= 15 is 0 Å². The number of carboxylic acids is 1. The molecule has 0 spiro atoms. The van der Waals surface area contributed by atoms with E-state index in [1.807, 2.05) is 11.4 Å². The highest BCUT2D eigenvalue weighted by Crippen LogP contribution is 2.30. The number of carbonyl (C=O) groups excluding carboxylic acids is 1. The van der Waals surface area contributed by atoms with Crippen molar-refractivity contribution >= 4 is 23.3 Å². The summed E-state index contributed by atoms with van der Waals surface area (Å²) < 4.78 is 6.29. The number of fused-ring (bicyclic) bond motifs is 1. The summed E-state index contributed by atoms with van der Waals surface area (Å²) in [5.74, 6) is -1.64. The zero-order chi connectivity index (χ0) is 17.3. The summed E-state index contributed by atoms with van der Waals surface area (Å²) in [7, 11) is 1.23. The van der Waals surface area contributed by atoms with Crippen molar-refractivity contribution in [2.75, 3.05) is 7.11 Å². The zero-order valence-electron chi connectivity index (χ0n) is 12.6. The van der Waals surface area contributed by atoms with Gasteiger partial charge >= 0.3 is 11.9 Å². The standard InChI is InChI=1S/C15H13N3O5S/c1-23-15(22)9-7-18(6-8-13(9)16-17-14(8)21)10(5-12(19)20)11-3-2-4-24-11/h2-4,6-7,10H,5H2,1H3,(H,17,21)(H,19,20). The van der Waals surface area contributed by atoms with Crippen LogP contribution in [0.2, 0.25) is 0 Å². The number of ether oxygens (including phenoxy) is 1. The number of aromatic nitrogens is 3. The molecule has 8 nitrogen and oxygen atoms in total. The maximum atomic E-state index is 12.0. The summed E-state index contributed by atoms with van der Waals surface area (Å²) in [5, 5.41) is 17.2. The van der Waals surface area contributed by atoms with Gasteiger partial charge in [-0.2, -0.15) is 5.10 Å². The fourth-order valence-electron chi connectivity index (χ4n) is 2.49. The van der Waals surface area contributed by atoms with Crippen LogP contribution >= 0.6 is 11.3 Å². The number of aliphatic carboxylic acids is 1. The fourth-order valence-corrected chi connectivity index (χ4v) is 3.33. The van der Waals surface area contributed by atoms with Crippen LogP contribution in [-0.4, -0.2) is 38.9 Å². The third-order valence-electron chi connectivity index (χ3n) is 3.59. The summed E-state index contributed by atoms with van der Waals surface area (Å²) in [4.78, 5) is 36.0. The molecule has 2 aliphatic heterocycles. The number of aromatic amines is 1. The van der Waals surface area contributed by atoms with Crippen LogP contribution < -0.4 is 5.56 Å². The Morgan fingerprint density at radius 3 is 2.88 bits per heavy atom. The van der Waals surface area contributed by atoms with Crippen molar-refractivity contribution in [1.82, 2.24) is 14.8 Å². The molecule has 124 valence electrons. The Morgan fingerprint density at radius 1 is 1.46 bits per heavy atom. The smallest absolute Gasteiger partial charge is 0.341 e. The van der Waals surface area contributed by atoms with Crippen LogP contribution in [-0.2, 0) is 9.53 Å². The predicted molar refractivity (Wildman–Crippen MR) is 85.5 cm³/mol. The van der Waals surface area contributed by atoms with Gasteiger partial charge in [-0.25, -0.2) is 9.89 Å². The van der Waals surface area contributed by atoms with Gasteiger partial charge in [0.2, 0.25) is 0 Å². The average molecular weight is 347 g/mol. The van der Waals surface area contributed by atoms with Gasteiger partial charge in [-0.05, 0) is 11.4 Å². The Bertz CT molecular complexity index is 912. The zero-order valence-corrected chi connectivity index (χ0v) is 13.4. The number of rotatable bonds is 5. The maximum Gasteiger partial charge on any atom is 0.341 e. The number of methoxy groups -OCH3 is 1. The number of pyridine rings is 1. The number of carboxylic acid groups (broad SMARTS) is 1. The second-order valence-electron chi connectivity index (χ2n) is 5.05. The lowest BCUT2D eigenvalue weighted by Crippen LogP contribution is -2.18. The van der Waals surface area contributed by atoms with Crippen molar-refractivity contribution in [2.45, 2.75) is 12.5 Å². The molecule has 0 saturated heterocycles. The van der Waals surface area contributed by atoms with E-state index in [1.54, 1.807) is 10.6 Å². The van der Waals surface area contributed by atoms with E-state index in [2.05, 4.69) is 10.2 Å². The van der Waals surface area contributed by atoms with Crippen LogP contribution in [0.15, 0.2) is 34.7 Å². The molecule has 9 heteroatoms. The number of hydrogen-bond donors (Lipinski definition) is 2. The van der Waals surface area contributed by atoms with Gasteiger partial charge in [0.1, 0.15) is 11.3 Å². The highest BCUT2D eigenvalue weighted by atomic mass is 32.1. The van der Waals surface area contributed by atoms with Crippen molar-refractivity contribution in [2.24, 2.45) is 0 Å². The number of nitrogens with zero attached hydrogens (tertiary/aromatic N) is 2. The molecule has 1 aromatic rings. The summed E-state index contributed by atoms with van der Waals surface area (Å²) >= 11 is 1.40. The van der Waals surface area contributed by atoms with Crippen LogP contribution in [0.5, 0.6) is 0 Å². The monoisotopic (exact) mass is 347 g/mol. The Morgan fingerprint density at radius 2 is 2.25 bits per heavy atom. The van der Waals surface area contributed by atoms with Gasteiger partial charge < -0.3 is 14.4 Å². The van der Waals surface area contributed by atoms with Crippen LogP contribution in [0.3, 0.4) is 0 Å². The minimum absolute atomic E-state index is 0.0975.